The smallest absolute Gasteiger partial charge is 0.222 e. The number of hydrogen-bond acceptors (Lipinski definition) is 2. The van der Waals surface area contributed by atoms with Crippen molar-refractivity contribution in [1.29, 1.82) is 0 Å². The normalized spacial score (nSPS) is 14.0. The first-order valence-corrected chi connectivity index (χ1v) is 7.35. The Bertz CT molecular complexity index is 439. The van der Waals surface area contributed by atoms with Crippen LogP contribution >= 0.6 is 24.0 Å². The molecule has 3 nitrogen and oxygen atoms in total. The van der Waals surface area contributed by atoms with Crippen molar-refractivity contribution >= 4 is 29.9 Å². The van der Waals surface area contributed by atoms with Gasteiger partial charge >= 0.3 is 0 Å². The zero-order valence-electron chi connectivity index (χ0n) is 13.2. The largest absolute Gasteiger partial charge is 0.349 e. The maximum absolute atomic E-state index is 12.0. The van der Waals surface area contributed by atoms with Gasteiger partial charge in [-0.2, -0.15) is 0 Å². The first-order chi connectivity index (χ1) is 9.17. The molecule has 0 aliphatic rings. The van der Waals surface area contributed by atoms with E-state index in [1.807, 2.05) is 31.2 Å². The van der Waals surface area contributed by atoms with Crippen LogP contribution in [0.1, 0.15) is 52.1 Å². The lowest BCUT2D eigenvalue weighted by Crippen LogP contribution is -2.34. The van der Waals surface area contributed by atoms with E-state index in [9.17, 15) is 4.79 Å². The molecule has 0 aliphatic carbocycles. The van der Waals surface area contributed by atoms with E-state index in [0.29, 0.717) is 11.4 Å². The molecule has 1 aromatic carbocycles. The summed E-state index contributed by atoms with van der Waals surface area (Å²) in [5.74, 6) is -0.0100. The van der Waals surface area contributed by atoms with Crippen molar-refractivity contribution in [3.8, 4) is 0 Å². The summed E-state index contributed by atoms with van der Waals surface area (Å²) in [5.41, 5.74) is 6.87. The van der Waals surface area contributed by atoms with Gasteiger partial charge in [-0.15, -0.1) is 12.4 Å². The summed E-state index contributed by atoms with van der Waals surface area (Å²) in [7, 11) is 0. The minimum atomic E-state index is -0.129. The van der Waals surface area contributed by atoms with E-state index < -0.39 is 0 Å². The molecule has 2 unspecified atom stereocenters. The van der Waals surface area contributed by atoms with Gasteiger partial charge in [0.1, 0.15) is 0 Å². The van der Waals surface area contributed by atoms with Crippen LogP contribution < -0.4 is 11.1 Å². The molecule has 120 valence electrons. The fraction of sp³-hybridized carbons (Fsp3) is 0.562. The highest BCUT2D eigenvalue weighted by Crippen LogP contribution is 2.30. The number of benzene rings is 1. The van der Waals surface area contributed by atoms with Crippen molar-refractivity contribution in [2.75, 3.05) is 0 Å². The third-order valence-corrected chi connectivity index (χ3v) is 3.18. The number of nitrogens with one attached hydrogen (secondary N) is 1. The van der Waals surface area contributed by atoms with Crippen LogP contribution in [0.25, 0.3) is 0 Å². The molecule has 0 bridgehead atoms. The predicted octanol–water partition coefficient (Wildman–Crippen LogP) is 4.09. The van der Waals surface area contributed by atoms with E-state index in [1.165, 1.54) is 0 Å². The Morgan fingerprint density at radius 1 is 1.29 bits per heavy atom. The predicted molar refractivity (Wildman–Crippen MR) is 91.9 cm³/mol. The summed E-state index contributed by atoms with van der Waals surface area (Å²) in [6.45, 7) is 8.32. The molecule has 0 fully saturated rings. The summed E-state index contributed by atoms with van der Waals surface area (Å²) in [5, 5.41) is 3.78. The number of halogens is 2. The van der Waals surface area contributed by atoms with Crippen LogP contribution in [-0.2, 0) is 4.79 Å². The fourth-order valence-electron chi connectivity index (χ4n) is 2.11. The molecule has 0 saturated heterocycles. The molecule has 0 aliphatic heterocycles. The number of hydrogen-bond donors (Lipinski definition) is 2. The SMILES string of the molecule is CC(N)CC(=O)NC(CC(C)(C)C)c1ccc(Cl)cc1.Cl. The summed E-state index contributed by atoms with van der Waals surface area (Å²) >= 11 is 5.92. The van der Waals surface area contributed by atoms with Crippen LogP contribution in [0.5, 0.6) is 0 Å². The lowest BCUT2D eigenvalue weighted by atomic mass is 9.85. The van der Waals surface area contributed by atoms with Gasteiger partial charge in [0.25, 0.3) is 0 Å². The first-order valence-electron chi connectivity index (χ1n) is 6.98. The van der Waals surface area contributed by atoms with Crippen molar-refractivity contribution in [2.45, 2.75) is 52.6 Å². The molecule has 0 aromatic heterocycles. The molecule has 0 radical (unpaired) electrons. The topological polar surface area (TPSA) is 55.1 Å². The van der Waals surface area contributed by atoms with E-state index in [4.69, 9.17) is 17.3 Å². The third kappa shape index (κ3) is 8.30. The molecular weight excluding hydrogens is 307 g/mol. The second-order valence-electron chi connectivity index (χ2n) is 6.62. The third-order valence-electron chi connectivity index (χ3n) is 2.93. The van der Waals surface area contributed by atoms with Crippen molar-refractivity contribution in [1.82, 2.24) is 5.32 Å². The highest BCUT2D eigenvalue weighted by Gasteiger charge is 2.22. The Hall–Kier alpha value is -0.770. The highest BCUT2D eigenvalue weighted by atomic mass is 35.5. The van der Waals surface area contributed by atoms with Crippen molar-refractivity contribution < 1.29 is 4.79 Å². The molecule has 3 N–H and O–H groups in total. The number of carbonyl (C=O) groups is 1. The van der Waals surface area contributed by atoms with Gasteiger partial charge in [-0.25, -0.2) is 0 Å². The van der Waals surface area contributed by atoms with Crippen LogP contribution in [0, 0.1) is 5.41 Å². The van der Waals surface area contributed by atoms with Gasteiger partial charge in [0.15, 0.2) is 0 Å². The van der Waals surface area contributed by atoms with E-state index in [-0.39, 0.29) is 35.8 Å². The van der Waals surface area contributed by atoms with Gasteiger partial charge in [-0.05, 0) is 36.5 Å². The molecule has 1 aromatic rings. The Labute approximate surface area is 139 Å². The second-order valence-corrected chi connectivity index (χ2v) is 7.05. The zero-order chi connectivity index (χ0) is 15.3. The van der Waals surface area contributed by atoms with Crippen LogP contribution in [-0.4, -0.2) is 11.9 Å². The van der Waals surface area contributed by atoms with Crippen LogP contribution in [0.15, 0.2) is 24.3 Å². The van der Waals surface area contributed by atoms with Crippen LogP contribution in [0.2, 0.25) is 5.02 Å². The van der Waals surface area contributed by atoms with E-state index in [2.05, 4.69) is 26.1 Å². The quantitative estimate of drug-likeness (QED) is 0.853. The lowest BCUT2D eigenvalue weighted by Gasteiger charge is -2.27. The van der Waals surface area contributed by atoms with Crippen molar-refractivity contribution in [3.63, 3.8) is 0 Å². The molecule has 1 amide bonds. The van der Waals surface area contributed by atoms with Gasteiger partial charge in [-0.1, -0.05) is 44.5 Å². The van der Waals surface area contributed by atoms with E-state index >= 15 is 0 Å². The van der Waals surface area contributed by atoms with Gasteiger partial charge in [0.05, 0.1) is 6.04 Å². The van der Waals surface area contributed by atoms with E-state index in [0.717, 1.165) is 12.0 Å². The molecule has 21 heavy (non-hydrogen) atoms. The first kappa shape index (κ1) is 20.2. The minimum absolute atomic E-state index is 0. The maximum atomic E-state index is 12.0. The van der Waals surface area contributed by atoms with Crippen molar-refractivity contribution in [3.05, 3.63) is 34.9 Å². The lowest BCUT2D eigenvalue weighted by molar-refractivity contribution is -0.122. The van der Waals surface area contributed by atoms with Gasteiger partial charge in [0.2, 0.25) is 5.91 Å². The molecule has 1 rings (SSSR count). The Balaban J connectivity index is 0.00000400. The molecule has 2 atom stereocenters. The molecule has 5 heteroatoms. The van der Waals surface area contributed by atoms with Crippen molar-refractivity contribution in [2.24, 2.45) is 11.1 Å². The van der Waals surface area contributed by atoms with Gasteiger partial charge < -0.3 is 11.1 Å². The summed E-state index contributed by atoms with van der Waals surface area (Å²) in [6.07, 6.45) is 1.20. The van der Waals surface area contributed by atoms with Gasteiger partial charge in [0, 0.05) is 17.5 Å². The van der Waals surface area contributed by atoms with E-state index in [1.54, 1.807) is 0 Å². The molecular formula is C16H26Cl2N2O. The average molecular weight is 333 g/mol. The zero-order valence-corrected chi connectivity index (χ0v) is 14.7. The molecule has 0 heterocycles. The number of carbonyl (C=O) groups excluding carboxylic acids is 1. The summed E-state index contributed by atoms with van der Waals surface area (Å²) in [6, 6.07) is 7.48. The number of rotatable bonds is 5. The minimum Gasteiger partial charge on any atom is -0.349 e. The van der Waals surface area contributed by atoms with Crippen LogP contribution in [0.3, 0.4) is 0 Å². The molecule has 0 spiro atoms. The van der Waals surface area contributed by atoms with Gasteiger partial charge in [-0.3, -0.25) is 4.79 Å². The number of nitrogens with two attached hydrogens (primary N) is 1. The second kappa shape index (κ2) is 8.62. The Morgan fingerprint density at radius 3 is 2.24 bits per heavy atom. The summed E-state index contributed by atoms with van der Waals surface area (Å²) in [4.78, 5) is 12.0. The Kier molecular flexibility index (Phi) is 8.30. The maximum Gasteiger partial charge on any atom is 0.222 e. The highest BCUT2D eigenvalue weighted by molar-refractivity contribution is 6.30. The van der Waals surface area contributed by atoms with Crippen LogP contribution in [0.4, 0.5) is 0 Å². The Morgan fingerprint density at radius 2 is 1.81 bits per heavy atom. The summed E-state index contributed by atoms with van der Waals surface area (Å²) < 4.78 is 0. The number of amides is 1. The fourth-order valence-corrected chi connectivity index (χ4v) is 2.23. The molecule has 0 saturated carbocycles. The average Bonchev–Trinajstić information content (AvgIpc) is 2.25. The standard InChI is InChI=1S/C16H25ClN2O.ClH/c1-11(18)9-15(20)19-14(10-16(2,3)4)12-5-7-13(17)8-6-12;/h5-8,11,14H,9-10,18H2,1-4H3,(H,19,20);1H. The monoisotopic (exact) mass is 332 g/mol.